The van der Waals surface area contributed by atoms with Crippen molar-refractivity contribution in [2.75, 3.05) is 0 Å². The third-order valence-electron chi connectivity index (χ3n) is 1.38. The molecule has 0 atom stereocenters. The lowest BCUT2D eigenvalue weighted by Crippen LogP contribution is -2.37. The minimum Gasteiger partial charge on any atom is -0.316 e. The molecule has 0 bridgehead atoms. The van der Waals surface area contributed by atoms with Gasteiger partial charge < -0.3 is 14.2 Å². The Bertz CT molecular complexity index is 149. The van der Waals surface area contributed by atoms with E-state index in [4.69, 9.17) is 14.2 Å². The molecule has 1 aliphatic heterocycles. The molecular formula is C9H12O3. The lowest BCUT2D eigenvalue weighted by Gasteiger charge is -2.31. The summed E-state index contributed by atoms with van der Waals surface area (Å²) in [6, 6.07) is 0. The molecule has 1 rings (SSSR count). The van der Waals surface area contributed by atoms with E-state index in [9.17, 15) is 0 Å². The molecule has 0 spiro atoms. The highest BCUT2D eigenvalue weighted by Gasteiger charge is 2.24. The second-order valence-electron chi connectivity index (χ2n) is 2.22. The lowest BCUT2D eigenvalue weighted by atomic mass is 10.5. The van der Waals surface area contributed by atoms with Crippen molar-refractivity contribution in [1.29, 1.82) is 0 Å². The molecule has 0 amide bonds. The third-order valence-corrected chi connectivity index (χ3v) is 1.38. The Balaban J connectivity index is 2.57. The number of hydrogen-bond acceptors (Lipinski definition) is 3. The highest BCUT2D eigenvalue weighted by Crippen LogP contribution is 2.17. The Kier molecular flexibility index (Phi) is 3.22. The predicted octanol–water partition coefficient (Wildman–Crippen LogP) is 1.59. The van der Waals surface area contributed by atoms with Gasteiger partial charge in [-0.25, -0.2) is 0 Å². The molecule has 12 heavy (non-hydrogen) atoms. The van der Waals surface area contributed by atoms with Gasteiger partial charge in [0.1, 0.15) is 0 Å². The van der Waals surface area contributed by atoms with Crippen molar-refractivity contribution in [2.24, 2.45) is 0 Å². The van der Waals surface area contributed by atoms with Crippen LogP contribution in [0.4, 0.5) is 0 Å². The van der Waals surface area contributed by atoms with E-state index in [0.717, 1.165) is 0 Å². The Morgan fingerprint density at radius 2 is 0.917 bits per heavy atom. The van der Waals surface area contributed by atoms with Gasteiger partial charge in [-0.15, -0.1) is 0 Å². The molecule has 3 heteroatoms. The van der Waals surface area contributed by atoms with Crippen molar-refractivity contribution in [3.63, 3.8) is 0 Å². The normalized spacial score (nSPS) is 35.5. The van der Waals surface area contributed by atoms with Gasteiger partial charge >= 0.3 is 0 Å². The zero-order chi connectivity index (χ0) is 8.97. The molecule has 0 aromatic rings. The summed E-state index contributed by atoms with van der Waals surface area (Å²) in [4.78, 5) is 0. The van der Waals surface area contributed by atoms with Crippen molar-refractivity contribution in [3.8, 4) is 0 Å². The standard InChI is InChI=1S/C9H12O3/c1-4-7-10-8(5-2)12-9(6-3)11-7/h4-9H,1-3H2. The fourth-order valence-electron chi connectivity index (χ4n) is 0.826. The maximum absolute atomic E-state index is 5.19. The van der Waals surface area contributed by atoms with Crippen molar-refractivity contribution < 1.29 is 14.2 Å². The van der Waals surface area contributed by atoms with E-state index >= 15 is 0 Å². The first-order chi connectivity index (χ1) is 5.80. The van der Waals surface area contributed by atoms with Crippen LogP contribution < -0.4 is 0 Å². The summed E-state index contributed by atoms with van der Waals surface area (Å²) in [6.07, 6.45) is 3.29. The Hall–Kier alpha value is -0.900. The molecule has 0 radical (unpaired) electrons. The van der Waals surface area contributed by atoms with E-state index in [0.29, 0.717) is 0 Å². The van der Waals surface area contributed by atoms with E-state index in [2.05, 4.69) is 19.7 Å². The van der Waals surface area contributed by atoms with Gasteiger partial charge in [0, 0.05) is 0 Å². The van der Waals surface area contributed by atoms with Gasteiger partial charge in [0.2, 0.25) is 0 Å². The largest absolute Gasteiger partial charge is 0.316 e. The highest BCUT2D eigenvalue weighted by molar-refractivity contribution is 4.85. The minimum absolute atomic E-state index is 0.454. The van der Waals surface area contributed by atoms with Crippen LogP contribution in [0.2, 0.25) is 0 Å². The summed E-state index contributed by atoms with van der Waals surface area (Å²) in [7, 11) is 0. The van der Waals surface area contributed by atoms with E-state index in [1.54, 1.807) is 18.2 Å². The number of rotatable bonds is 3. The second kappa shape index (κ2) is 4.21. The molecular weight excluding hydrogens is 156 g/mol. The van der Waals surface area contributed by atoms with Gasteiger partial charge in [0.05, 0.1) is 0 Å². The average molecular weight is 168 g/mol. The highest BCUT2D eigenvalue weighted by atomic mass is 16.9. The van der Waals surface area contributed by atoms with Crippen LogP contribution in [0.15, 0.2) is 38.0 Å². The SMILES string of the molecule is C=CC1OC(C=C)OC(C=C)O1. The topological polar surface area (TPSA) is 27.7 Å². The van der Waals surface area contributed by atoms with Gasteiger partial charge in [-0.2, -0.15) is 0 Å². The fourth-order valence-corrected chi connectivity index (χ4v) is 0.826. The Morgan fingerprint density at radius 1 is 0.667 bits per heavy atom. The third kappa shape index (κ3) is 2.04. The Morgan fingerprint density at radius 3 is 1.08 bits per heavy atom. The molecule has 0 N–H and O–H groups in total. The summed E-state index contributed by atoms with van der Waals surface area (Å²) >= 11 is 0. The van der Waals surface area contributed by atoms with Crippen molar-refractivity contribution in [3.05, 3.63) is 38.0 Å². The van der Waals surface area contributed by atoms with Crippen LogP contribution in [0.25, 0.3) is 0 Å². The van der Waals surface area contributed by atoms with Crippen LogP contribution in [-0.2, 0) is 14.2 Å². The van der Waals surface area contributed by atoms with Crippen LogP contribution in [0.1, 0.15) is 0 Å². The summed E-state index contributed by atoms with van der Waals surface area (Å²) in [6.45, 7) is 10.6. The van der Waals surface area contributed by atoms with Crippen LogP contribution in [0, 0.1) is 0 Å². The molecule has 0 aromatic carbocycles. The van der Waals surface area contributed by atoms with Gasteiger partial charge in [-0.1, -0.05) is 19.7 Å². The van der Waals surface area contributed by atoms with Gasteiger partial charge in [-0.3, -0.25) is 0 Å². The van der Waals surface area contributed by atoms with E-state index in [1.165, 1.54) is 0 Å². The summed E-state index contributed by atoms with van der Waals surface area (Å²) in [5.41, 5.74) is 0. The Labute approximate surface area is 71.9 Å². The summed E-state index contributed by atoms with van der Waals surface area (Å²) < 4.78 is 15.6. The molecule has 66 valence electrons. The maximum Gasteiger partial charge on any atom is 0.183 e. The summed E-state index contributed by atoms with van der Waals surface area (Å²) in [5.74, 6) is 0. The zero-order valence-electron chi connectivity index (χ0n) is 6.81. The van der Waals surface area contributed by atoms with Crippen molar-refractivity contribution in [1.82, 2.24) is 0 Å². The number of ether oxygens (including phenoxy) is 3. The first kappa shape index (κ1) is 9.19. The van der Waals surface area contributed by atoms with Gasteiger partial charge in [0.15, 0.2) is 18.9 Å². The van der Waals surface area contributed by atoms with Crippen LogP contribution in [0.5, 0.6) is 0 Å². The minimum atomic E-state index is -0.454. The van der Waals surface area contributed by atoms with E-state index in [1.807, 2.05) is 0 Å². The lowest BCUT2D eigenvalue weighted by molar-refractivity contribution is -0.340. The average Bonchev–Trinajstić information content (AvgIpc) is 2.16. The monoisotopic (exact) mass is 168 g/mol. The van der Waals surface area contributed by atoms with Crippen molar-refractivity contribution >= 4 is 0 Å². The molecule has 3 nitrogen and oxygen atoms in total. The molecule has 1 heterocycles. The number of hydrogen-bond donors (Lipinski definition) is 0. The van der Waals surface area contributed by atoms with Gasteiger partial charge in [0.25, 0.3) is 0 Å². The van der Waals surface area contributed by atoms with Gasteiger partial charge in [-0.05, 0) is 18.2 Å². The molecule has 1 aliphatic rings. The first-order valence-corrected chi connectivity index (χ1v) is 3.64. The predicted molar refractivity (Wildman–Crippen MR) is 45.2 cm³/mol. The van der Waals surface area contributed by atoms with Crippen molar-refractivity contribution in [2.45, 2.75) is 18.9 Å². The molecule has 0 aromatic heterocycles. The zero-order valence-corrected chi connectivity index (χ0v) is 6.81. The van der Waals surface area contributed by atoms with Crippen LogP contribution in [0.3, 0.4) is 0 Å². The van der Waals surface area contributed by atoms with E-state index < -0.39 is 18.9 Å². The second-order valence-corrected chi connectivity index (χ2v) is 2.22. The van der Waals surface area contributed by atoms with E-state index in [-0.39, 0.29) is 0 Å². The quantitative estimate of drug-likeness (QED) is 0.599. The molecule has 0 saturated carbocycles. The molecule has 1 fully saturated rings. The van der Waals surface area contributed by atoms with Crippen LogP contribution >= 0.6 is 0 Å². The van der Waals surface area contributed by atoms with Crippen LogP contribution in [-0.4, -0.2) is 18.9 Å². The summed E-state index contributed by atoms with van der Waals surface area (Å²) in [5, 5.41) is 0. The smallest absolute Gasteiger partial charge is 0.183 e. The molecule has 0 unspecified atom stereocenters. The maximum atomic E-state index is 5.19. The first-order valence-electron chi connectivity index (χ1n) is 3.64. The molecule has 0 aliphatic carbocycles. The fraction of sp³-hybridized carbons (Fsp3) is 0.333. The molecule has 1 saturated heterocycles.